The number of carboxylic acid groups (broad SMARTS) is 1. The van der Waals surface area contributed by atoms with Crippen molar-refractivity contribution in [1.29, 1.82) is 0 Å². The molecule has 7 heteroatoms. The Morgan fingerprint density at radius 1 is 1.12 bits per heavy atom. The van der Waals surface area contributed by atoms with Gasteiger partial charge in [0.25, 0.3) is 0 Å². The van der Waals surface area contributed by atoms with Crippen LogP contribution in [0, 0.1) is 0 Å². The smallest absolute Gasteiger partial charge is 0.323 e. The van der Waals surface area contributed by atoms with E-state index < -0.39 is 30.6 Å². The lowest BCUT2D eigenvalue weighted by molar-refractivity contribution is -0.146. The minimum atomic E-state index is -1.09. The van der Waals surface area contributed by atoms with Crippen LogP contribution in [0.1, 0.15) is 44.7 Å². The second-order valence-electron chi connectivity index (χ2n) is 7.53. The van der Waals surface area contributed by atoms with E-state index in [1.807, 2.05) is 56.3 Å². The lowest BCUT2D eigenvalue weighted by Gasteiger charge is -2.27. The maximum absolute atomic E-state index is 13.3. The van der Waals surface area contributed by atoms with Crippen molar-refractivity contribution in [1.82, 2.24) is 5.32 Å². The summed E-state index contributed by atoms with van der Waals surface area (Å²) in [6, 6.07) is 15.8. The van der Waals surface area contributed by atoms with Crippen LogP contribution in [0.3, 0.4) is 0 Å². The van der Waals surface area contributed by atoms with Gasteiger partial charge in [-0.1, -0.05) is 62.4 Å². The number of carbonyl (C=O) groups is 3. The molecule has 0 aliphatic carbocycles. The van der Waals surface area contributed by atoms with E-state index in [0.29, 0.717) is 31.4 Å². The van der Waals surface area contributed by atoms with E-state index in [9.17, 15) is 19.5 Å². The number of ether oxygens (including phenoxy) is 1. The number of carboxylic acids is 1. The molecule has 1 aliphatic heterocycles. The number of nitrogens with one attached hydrogen (secondary N) is 1. The standard InChI is InChI=1S/C24H28N2O5.C2H6/c1-2-31-24(30)20(14-12-17-8-4-3-5-9-17)25-19-15-13-18-10-6-7-11-21(18)26(23(19)29)16-22(27)28;1-2/h3-11,19-20,25H,2,12-16H2,1H3,(H,27,28);1-2H3. The van der Waals surface area contributed by atoms with Crippen molar-refractivity contribution in [2.24, 2.45) is 0 Å². The summed E-state index contributed by atoms with van der Waals surface area (Å²) in [5, 5.41) is 12.5. The number of para-hydroxylation sites is 1. The van der Waals surface area contributed by atoms with Crippen LogP contribution in [0.5, 0.6) is 0 Å². The minimum Gasteiger partial charge on any atom is -0.480 e. The number of benzene rings is 2. The number of rotatable bonds is 9. The largest absolute Gasteiger partial charge is 0.480 e. The van der Waals surface area contributed by atoms with Crippen molar-refractivity contribution in [2.75, 3.05) is 18.1 Å². The van der Waals surface area contributed by atoms with Gasteiger partial charge in [0.15, 0.2) is 0 Å². The van der Waals surface area contributed by atoms with Gasteiger partial charge in [-0.3, -0.25) is 24.6 Å². The number of aryl methyl sites for hydroxylation is 2. The lowest BCUT2D eigenvalue weighted by Crippen LogP contribution is -2.53. The number of aliphatic carboxylic acids is 1. The van der Waals surface area contributed by atoms with E-state index in [1.54, 1.807) is 19.1 Å². The Hall–Kier alpha value is -3.19. The van der Waals surface area contributed by atoms with Crippen LogP contribution in [-0.2, 0) is 32.0 Å². The maximum atomic E-state index is 13.3. The summed E-state index contributed by atoms with van der Waals surface area (Å²) >= 11 is 0. The summed E-state index contributed by atoms with van der Waals surface area (Å²) in [6.07, 6.45) is 2.19. The number of nitrogens with zero attached hydrogens (tertiary/aromatic N) is 1. The van der Waals surface area contributed by atoms with Crippen LogP contribution >= 0.6 is 0 Å². The topological polar surface area (TPSA) is 95.9 Å². The molecule has 2 N–H and O–H groups in total. The number of anilines is 1. The highest BCUT2D eigenvalue weighted by molar-refractivity contribution is 6.02. The van der Waals surface area contributed by atoms with E-state index in [-0.39, 0.29) is 12.5 Å². The Labute approximate surface area is 195 Å². The van der Waals surface area contributed by atoms with Gasteiger partial charge in [0.2, 0.25) is 5.91 Å². The Bertz CT molecular complexity index is 916. The van der Waals surface area contributed by atoms with Gasteiger partial charge in [0.1, 0.15) is 12.6 Å². The molecule has 0 bridgehead atoms. The Balaban J connectivity index is 0.00000187. The monoisotopic (exact) mass is 454 g/mol. The van der Waals surface area contributed by atoms with Crippen LogP contribution in [0.25, 0.3) is 0 Å². The molecule has 2 atom stereocenters. The number of amides is 1. The third-order valence-corrected chi connectivity index (χ3v) is 5.38. The molecule has 0 saturated carbocycles. The molecule has 2 aromatic carbocycles. The molecule has 1 aliphatic rings. The van der Waals surface area contributed by atoms with Gasteiger partial charge in [0.05, 0.1) is 12.6 Å². The third-order valence-electron chi connectivity index (χ3n) is 5.38. The molecular formula is C26H34N2O5. The van der Waals surface area contributed by atoms with Crippen LogP contribution in [0.15, 0.2) is 54.6 Å². The molecule has 0 radical (unpaired) electrons. The van der Waals surface area contributed by atoms with Crippen LogP contribution in [-0.4, -0.2) is 48.2 Å². The summed E-state index contributed by atoms with van der Waals surface area (Å²) < 4.78 is 5.23. The predicted molar refractivity (Wildman–Crippen MR) is 128 cm³/mol. The first-order valence-electron chi connectivity index (χ1n) is 11.6. The molecule has 1 amide bonds. The molecule has 0 aromatic heterocycles. The molecule has 7 nitrogen and oxygen atoms in total. The minimum absolute atomic E-state index is 0.248. The number of fused-ring (bicyclic) bond motifs is 1. The van der Waals surface area contributed by atoms with Crippen molar-refractivity contribution in [3.05, 3.63) is 65.7 Å². The fourth-order valence-electron chi connectivity index (χ4n) is 3.88. The summed E-state index contributed by atoms with van der Waals surface area (Å²) in [7, 11) is 0. The fourth-order valence-corrected chi connectivity index (χ4v) is 3.88. The normalized spacial score (nSPS) is 16.0. The highest BCUT2D eigenvalue weighted by Gasteiger charge is 2.34. The fraction of sp³-hybridized carbons (Fsp3) is 0.423. The summed E-state index contributed by atoms with van der Waals surface area (Å²) in [5.41, 5.74) is 2.61. The quantitative estimate of drug-likeness (QED) is 0.562. The lowest BCUT2D eigenvalue weighted by atomic mass is 10.0. The predicted octanol–water partition coefficient (Wildman–Crippen LogP) is 3.60. The van der Waals surface area contributed by atoms with Gasteiger partial charge in [-0.25, -0.2) is 0 Å². The third kappa shape index (κ3) is 7.43. The first-order valence-corrected chi connectivity index (χ1v) is 11.6. The van der Waals surface area contributed by atoms with Crippen molar-refractivity contribution in [3.8, 4) is 0 Å². The number of hydrogen-bond acceptors (Lipinski definition) is 5. The van der Waals surface area contributed by atoms with Crippen LogP contribution < -0.4 is 10.2 Å². The molecule has 2 aromatic rings. The summed E-state index contributed by atoms with van der Waals surface area (Å²) in [4.78, 5) is 38.6. The van der Waals surface area contributed by atoms with Gasteiger partial charge >= 0.3 is 11.9 Å². The molecule has 2 unspecified atom stereocenters. The van der Waals surface area contributed by atoms with E-state index in [2.05, 4.69) is 5.32 Å². The number of hydrogen-bond donors (Lipinski definition) is 2. The van der Waals surface area contributed by atoms with Crippen molar-refractivity contribution in [3.63, 3.8) is 0 Å². The second kappa shape index (κ2) is 13.4. The van der Waals surface area contributed by atoms with E-state index in [4.69, 9.17) is 4.74 Å². The summed E-state index contributed by atoms with van der Waals surface area (Å²) in [5.74, 6) is -1.84. The maximum Gasteiger partial charge on any atom is 0.323 e. The van der Waals surface area contributed by atoms with Crippen LogP contribution in [0.4, 0.5) is 5.69 Å². The van der Waals surface area contributed by atoms with Gasteiger partial charge < -0.3 is 9.84 Å². The molecular weight excluding hydrogens is 420 g/mol. The van der Waals surface area contributed by atoms with Gasteiger partial charge in [-0.15, -0.1) is 0 Å². The average Bonchev–Trinajstić information content (AvgIpc) is 2.95. The summed E-state index contributed by atoms with van der Waals surface area (Å²) in [6.45, 7) is 5.56. The Morgan fingerprint density at radius 3 is 2.45 bits per heavy atom. The first-order chi connectivity index (χ1) is 16.0. The highest BCUT2D eigenvalue weighted by Crippen LogP contribution is 2.27. The number of carbonyl (C=O) groups excluding carboxylic acids is 2. The van der Waals surface area contributed by atoms with Crippen molar-refractivity contribution in [2.45, 2.75) is 58.5 Å². The SMILES string of the molecule is CC.CCOC(=O)C(CCc1ccccc1)NC1CCc2ccccc2N(CC(=O)O)C1=O. The number of esters is 1. The molecule has 3 rings (SSSR count). The zero-order valence-corrected chi connectivity index (χ0v) is 19.6. The van der Waals surface area contributed by atoms with Gasteiger partial charge in [0, 0.05) is 5.69 Å². The molecule has 33 heavy (non-hydrogen) atoms. The Kier molecular flexibility index (Phi) is 10.6. The molecule has 178 valence electrons. The van der Waals surface area contributed by atoms with E-state index in [1.165, 1.54) is 4.90 Å². The van der Waals surface area contributed by atoms with Crippen molar-refractivity contribution >= 4 is 23.5 Å². The Morgan fingerprint density at radius 2 is 1.79 bits per heavy atom. The van der Waals surface area contributed by atoms with Crippen LogP contribution in [0.2, 0.25) is 0 Å². The first kappa shape index (κ1) is 26.1. The average molecular weight is 455 g/mol. The second-order valence-corrected chi connectivity index (χ2v) is 7.53. The molecule has 0 spiro atoms. The van der Waals surface area contributed by atoms with Crippen molar-refractivity contribution < 1.29 is 24.2 Å². The molecule has 0 fully saturated rings. The molecule has 1 heterocycles. The van der Waals surface area contributed by atoms with Gasteiger partial charge in [-0.2, -0.15) is 0 Å². The van der Waals surface area contributed by atoms with E-state index in [0.717, 1.165) is 11.1 Å². The van der Waals surface area contributed by atoms with E-state index >= 15 is 0 Å². The molecule has 0 saturated heterocycles. The highest BCUT2D eigenvalue weighted by atomic mass is 16.5. The zero-order chi connectivity index (χ0) is 24.2. The van der Waals surface area contributed by atoms with Gasteiger partial charge in [-0.05, 0) is 49.8 Å². The zero-order valence-electron chi connectivity index (χ0n) is 19.6.